The van der Waals surface area contributed by atoms with Crippen LogP contribution in [0.15, 0.2) is 63.9 Å². The van der Waals surface area contributed by atoms with E-state index in [0.717, 1.165) is 11.1 Å². The Balaban J connectivity index is 1.25. The lowest BCUT2D eigenvalue weighted by Gasteiger charge is -2.34. The maximum Gasteiger partial charge on any atom is 0.331 e. The van der Waals surface area contributed by atoms with Crippen LogP contribution in [0.4, 0.5) is 4.79 Å². The fourth-order valence-electron chi connectivity index (χ4n) is 3.44. The molecule has 4 rings (SSSR count). The van der Waals surface area contributed by atoms with E-state index < -0.39 is 16.1 Å². The SMILES string of the molecule is Cc1ccc(S(=O)(=O)NC(=O)N2CCN(CCc3nnc(-c4ccccc4)o3)CC2)cc1. The number of rotatable bonds is 6. The van der Waals surface area contributed by atoms with Crippen LogP contribution in [0.2, 0.25) is 0 Å². The fraction of sp³-hybridized carbons (Fsp3) is 0.318. The summed E-state index contributed by atoms with van der Waals surface area (Å²) in [4.78, 5) is 16.2. The monoisotopic (exact) mass is 455 g/mol. The number of nitrogens with one attached hydrogen (secondary N) is 1. The third kappa shape index (κ3) is 5.32. The van der Waals surface area contributed by atoms with E-state index in [0.29, 0.717) is 50.9 Å². The first kappa shape index (κ1) is 22.0. The summed E-state index contributed by atoms with van der Waals surface area (Å²) in [5.74, 6) is 1.06. The summed E-state index contributed by atoms with van der Waals surface area (Å²) in [5.41, 5.74) is 1.83. The molecule has 0 radical (unpaired) electrons. The lowest BCUT2D eigenvalue weighted by molar-refractivity contribution is 0.142. The van der Waals surface area contributed by atoms with Gasteiger partial charge in [0.05, 0.1) is 4.90 Å². The number of carbonyl (C=O) groups excluding carboxylic acids is 1. The summed E-state index contributed by atoms with van der Waals surface area (Å²) in [6, 6.07) is 15.4. The average molecular weight is 456 g/mol. The highest BCUT2D eigenvalue weighted by Gasteiger charge is 2.25. The van der Waals surface area contributed by atoms with E-state index >= 15 is 0 Å². The van der Waals surface area contributed by atoms with Gasteiger partial charge >= 0.3 is 6.03 Å². The number of hydrogen-bond acceptors (Lipinski definition) is 7. The van der Waals surface area contributed by atoms with Crippen molar-refractivity contribution in [2.45, 2.75) is 18.2 Å². The van der Waals surface area contributed by atoms with E-state index in [4.69, 9.17) is 4.42 Å². The van der Waals surface area contributed by atoms with E-state index in [1.165, 1.54) is 17.0 Å². The lowest BCUT2D eigenvalue weighted by Crippen LogP contribution is -2.52. The highest BCUT2D eigenvalue weighted by Crippen LogP contribution is 2.17. The van der Waals surface area contributed by atoms with Crippen molar-refractivity contribution >= 4 is 16.1 Å². The van der Waals surface area contributed by atoms with Crippen molar-refractivity contribution in [3.05, 3.63) is 66.1 Å². The van der Waals surface area contributed by atoms with Crippen molar-refractivity contribution in [2.24, 2.45) is 0 Å². The first-order valence-corrected chi connectivity index (χ1v) is 11.9. The van der Waals surface area contributed by atoms with Crippen molar-refractivity contribution in [2.75, 3.05) is 32.7 Å². The van der Waals surface area contributed by atoms with Gasteiger partial charge in [-0.3, -0.25) is 4.90 Å². The van der Waals surface area contributed by atoms with Gasteiger partial charge in [-0.2, -0.15) is 0 Å². The minimum absolute atomic E-state index is 0.0736. The van der Waals surface area contributed by atoms with Crippen LogP contribution in [-0.2, 0) is 16.4 Å². The second-order valence-electron chi connectivity index (χ2n) is 7.67. The predicted molar refractivity (Wildman–Crippen MR) is 118 cm³/mol. The summed E-state index contributed by atoms with van der Waals surface area (Å²) >= 11 is 0. The smallest absolute Gasteiger partial charge is 0.331 e. The van der Waals surface area contributed by atoms with Crippen molar-refractivity contribution in [1.29, 1.82) is 0 Å². The van der Waals surface area contributed by atoms with Gasteiger partial charge in [0, 0.05) is 44.7 Å². The van der Waals surface area contributed by atoms with Gasteiger partial charge in [0.1, 0.15) is 0 Å². The molecule has 9 nitrogen and oxygen atoms in total. The minimum atomic E-state index is -3.89. The van der Waals surface area contributed by atoms with Gasteiger partial charge in [-0.05, 0) is 31.2 Å². The quantitative estimate of drug-likeness (QED) is 0.607. The van der Waals surface area contributed by atoms with Gasteiger partial charge in [0.25, 0.3) is 10.0 Å². The second kappa shape index (κ2) is 9.49. The van der Waals surface area contributed by atoms with E-state index in [9.17, 15) is 13.2 Å². The molecule has 32 heavy (non-hydrogen) atoms. The Labute approximate surface area is 187 Å². The van der Waals surface area contributed by atoms with Crippen LogP contribution in [0.1, 0.15) is 11.5 Å². The number of carbonyl (C=O) groups is 1. The molecule has 1 fully saturated rings. The van der Waals surface area contributed by atoms with E-state index in [2.05, 4.69) is 19.8 Å². The maximum atomic E-state index is 12.5. The molecule has 0 atom stereocenters. The molecule has 0 saturated carbocycles. The van der Waals surface area contributed by atoms with Crippen molar-refractivity contribution in [1.82, 2.24) is 24.7 Å². The molecule has 2 heterocycles. The summed E-state index contributed by atoms with van der Waals surface area (Å²) in [6.45, 7) is 4.74. The van der Waals surface area contributed by atoms with Crippen LogP contribution in [0.3, 0.4) is 0 Å². The first-order valence-electron chi connectivity index (χ1n) is 10.4. The zero-order chi connectivity index (χ0) is 22.6. The molecule has 1 aromatic heterocycles. The Hall–Kier alpha value is -3.24. The first-order chi connectivity index (χ1) is 15.4. The summed E-state index contributed by atoms with van der Waals surface area (Å²) in [5, 5.41) is 8.21. The predicted octanol–water partition coefficient (Wildman–Crippen LogP) is 2.30. The van der Waals surface area contributed by atoms with E-state index in [1.807, 2.05) is 37.3 Å². The molecular weight excluding hydrogens is 430 g/mol. The van der Waals surface area contributed by atoms with Crippen LogP contribution in [0.5, 0.6) is 0 Å². The number of amides is 2. The van der Waals surface area contributed by atoms with Crippen molar-refractivity contribution in [3.63, 3.8) is 0 Å². The van der Waals surface area contributed by atoms with Crippen LogP contribution in [0, 0.1) is 6.92 Å². The van der Waals surface area contributed by atoms with Crippen molar-refractivity contribution < 1.29 is 17.6 Å². The van der Waals surface area contributed by atoms with E-state index in [-0.39, 0.29) is 4.90 Å². The topological polar surface area (TPSA) is 109 Å². The number of piperazine rings is 1. The van der Waals surface area contributed by atoms with Gasteiger partial charge in [-0.1, -0.05) is 35.9 Å². The molecule has 0 bridgehead atoms. The largest absolute Gasteiger partial charge is 0.421 e. The van der Waals surface area contributed by atoms with Gasteiger partial charge in [0.2, 0.25) is 11.8 Å². The molecular formula is C22H25N5O4S. The Morgan fingerprint density at radius 2 is 1.69 bits per heavy atom. The molecule has 1 aliphatic heterocycles. The highest BCUT2D eigenvalue weighted by atomic mass is 32.2. The number of nitrogens with zero attached hydrogens (tertiary/aromatic N) is 4. The zero-order valence-corrected chi connectivity index (χ0v) is 18.6. The highest BCUT2D eigenvalue weighted by molar-refractivity contribution is 7.90. The lowest BCUT2D eigenvalue weighted by atomic mass is 10.2. The molecule has 2 amide bonds. The van der Waals surface area contributed by atoms with Crippen LogP contribution in [-0.4, -0.2) is 67.2 Å². The number of urea groups is 1. The van der Waals surface area contributed by atoms with Crippen LogP contribution >= 0.6 is 0 Å². The zero-order valence-electron chi connectivity index (χ0n) is 17.8. The molecule has 1 aliphatic rings. The summed E-state index contributed by atoms with van der Waals surface area (Å²) in [7, 11) is -3.89. The Morgan fingerprint density at radius 3 is 2.38 bits per heavy atom. The number of aryl methyl sites for hydroxylation is 1. The average Bonchev–Trinajstić information content (AvgIpc) is 3.28. The summed E-state index contributed by atoms with van der Waals surface area (Å²) in [6.07, 6.45) is 0.605. The number of aromatic nitrogens is 2. The Bertz CT molecular complexity index is 1150. The summed E-state index contributed by atoms with van der Waals surface area (Å²) < 4.78 is 32.8. The Kier molecular flexibility index (Phi) is 6.52. The Morgan fingerprint density at radius 1 is 1.00 bits per heavy atom. The molecule has 0 spiro atoms. The van der Waals surface area contributed by atoms with Gasteiger partial charge in [-0.15, -0.1) is 10.2 Å². The minimum Gasteiger partial charge on any atom is -0.421 e. The van der Waals surface area contributed by atoms with Crippen molar-refractivity contribution in [3.8, 4) is 11.5 Å². The van der Waals surface area contributed by atoms with Gasteiger partial charge in [0.15, 0.2) is 0 Å². The maximum absolute atomic E-state index is 12.5. The molecule has 168 valence electrons. The van der Waals surface area contributed by atoms with Gasteiger partial charge in [-0.25, -0.2) is 17.9 Å². The number of benzene rings is 2. The number of sulfonamides is 1. The molecule has 1 saturated heterocycles. The third-order valence-corrected chi connectivity index (χ3v) is 6.68. The molecule has 3 aromatic rings. The molecule has 1 N–H and O–H groups in total. The standard InChI is InChI=1S/C22H25N5O4S/c1-17-7-9-19(10-8-17)32(29,30)25-22(28)27-15-13-26(14-16-27)12-11-20-23-24-21(31-20)18-5-3-2-4-6-18/h2-10H,11-16H2,1H3,(H,25,28). The molecule has 2 aromatic carbocycles. The van der Waals surface area contributed by atoms with Gasteiger partial charge < -0.3 is 9.32 Å². The van der Waals surface area contributed by atoms with E-state index in [1.54, 1.807) is 12.1 Å². The second-order valence-corrected chi connectivity index (χ2v) is 9.35. The fourth-order valence-corrected chi connectivity index (χ4v) is 4.41. The molecule has 0 aliphatic carbocycles. The molecule has 0 unspecified atom stereocenters. The number of hydrogen-bond donors (Lipinski definition) is 1. The van der Waals surface area contributed by atoms with Crippen LogP contribution in [0.25, 0.3) is 11.5 Å². The normalized spacial score (nSPS) is 15.0. The van der Waals surface area contributed by atoms with Crippen LogP contribution < -0.4 is 4.72 Å². The third-order valence-electron chi connectivity index (χ3n) is 5.34. The molecule has 10 heteroatoms.